The zero-order chi connectivity index (χ0) is 13.6. The highest BCUT2D eigenvalue weighted by molar-refractivity contribution is 4.91. The molecule has 2 aliphatic rings. The Balaban J connectivity index is 1.60. The van der Waals surface area contributed by atoms with Gasteiger partial charge in [0, 0.05) is 0 Å². The van der Waals surface area contributed by atoms with Gasteiger partial charge in [0.1, 0.15) is 0 Å². The molecule has 0 amide bonds. The van der Waals surface area contributed by atoms with E-state index in [2.05, 4.69) is 20.3 Å². The van der Waals surface area contributed by atoms with E-state index >= 15 is 0 Å². The van der Waals surface area contributed by atoms with Crippen molar-refractivity contribution in [2.45, 2.75) is 97.3 Å². The lowest BCUT2D eigenvalue weighted by Gasteiger charge is -2.37. The summed E-state index contributed by atoms with van der Waals surface area (Å²) in [5.41, 5.74) is 0.493. The van der Waals surface area contributed by atoms with Gasteiger partial charge in [-0.15, -0.1) is 0 Å². The van der Waals surface area contributed by atoms with E-state index in [0.717, 1.165) is 11.8 Å². The zero-order valence-electron chi connectivity index (χ0n) is 13.4. The Morgan fingerprint density at radius 2 is 1.42 bits per heavy atom. The first kappa shape index (κ1) is 15.4. The van der Waals surface area contributed by atoms with Gasteiger partial charge in [-0.05, 0) is 42.9 Å². The van der Waals surface area contributed by atoms with Gasteiger partial charge in [-0.25, -0.2) is 0 Å². The molecular formula is C19H35. The second-order valence-corrected chi connectivity index (χ2v) is 7.80. The number of hydrogen-bond donors (Lipinski definition) is 0. The predicted molar refractivity (Wildman–Crippen MR) is 85.1 cm³/mol. The monoisotopic (exact) mass is 263 g/mol. The Labute approximate surface area is 121 Å². The fraction of sp³-hybridized carbons (Fsp3) is 0.947. The summed E-state index contributed by atoms with van der Waals surface area (Å²) in [6.45, 7) is 4.98. The van der Waals surface area contributed by atoms with Crippen LogP contribution in [0.15, 0.2) is 0 Å². The molecule has 0 nitrogen and oxygen atoms in total. The van der Waals surface area contributed by atoms with Crippen LogP contribution < -0.4 is 0 Å². The lowest BCUT2D eigenvalue weighted by Crippen LogP contribution is -2.26. The SMILES string of the molecule is CC(C)([CH]CCCC1CCCCC1)C1CCCCC1. The van der Waals surface area contributed by atoms with E-state index in [-0.39, 0.29) is 0 Å². The normalized spacial score (nSPS) is 23.7. The highest BCUT2D eigenvalue weighted by Gasteiger charge is 2.30. The van der Waals surface area contributed by atoms with Crippen molar-refractivity contribution in [3.63, 3.8) is 0 Å². The molecule has 0 aromatic rings. The second kappa shape index (κ2) is 7.70. The molecule has 0 unspecified atom stereocenters. The van der Waals surface area contributed by atoms with Crippen LogP contribution in [0.5, 0.6) is 0 Å². The minimum Gasteiger partial charge on any atom is -0.0594 e. The largest absolute Gasteiger partial charge is 0.0594 e. The fourth-order valence-electron chi connectivity index (χ4n) is 4.37. The molecule has 2 fully saturated rings. The van der Waals surface area contributed by atoms with Crippen LogP contribution in [0.2, 0.25) is 0 Å². The van der Waals surface area contributed by atoms with Crippen LogP contribution in [0, 0.1) is 23.7 Å². The molecule has 0 aliphatic heterocycles. The average molecular weight is 263 g/mol. The van der Waals surface area contributed by atoms with Crippen molar-refractivity contribution in [3.8, 4) is 0 Å². The van der Waals surface area contributed by atoms with E-state index in [0.29, 0.717) is 5.41 Å². The standard InChI is InChI=1S/C19H35/c1-19(2,18-14-7-4-8-15-18)16-10-9-13-17-11-5-3-6-12-17/h16-18H,3-15H2,1-2H3. The summed E-state index contributed by atoms with van der Waals surface area (Å²) in [6.07, 6.45) is 21.9. The third-order valence-electron chi connectivity index (χ3n) is 5.87. The maximum atomic E-state index is 2.67. The van der Waals surface area contributed by atoms with Gasteiger partial charge in [-0.1, -0.05) is 78.1 Å². The van der Waals surface area contributed by atoms with Gasteiger partial charge in [-0.3, -0.25) is 0 Å². The van der Waals surface area contributed by atoms with Gasteiger partial charge >= 0.3 is 0 Å². The average Bonchev–Trinajstić information content (AvgIpc) is 2.46. The molecule has 0 heterocycles. The van der Waals surface area contributed by atoms with Gasteiger partial charge < -0.3 is 0 Å². The maximum absolute atomic E-state index is 2.67. The van der Waals surface area contributed by atoms with Crippen molar-refractivity contribution in [1.82, 2.24) is 0 Å². The molecule has 0 saturated heterocycles. The van der Waals surface area contributed by atoms with E-state index in [4.69, 9.17) is 0 Å². The second-order valence-electron chi connectivity index (χ2n) is 7.80. The number of hydrogen-bond acceptors (Lipinski definition) is 0. The van der Waals surface area contributed by atoms with Crippen molar-refractivity contribution in [3.05, 3.63) is 6.42 Å². The lowest BCUT2D eigenvalue weighted by molar-refractivity contribution is 0.186. The molecule has 111 valence electrons. The fourth-order valence-corrected chi connectivity index (χ4v) is 4.37. The summed E-state index contributed by atoms with van der Waals surface area (Å²) in [6, 6.07) is 0. The molecule has 0 spiro atoms. The van der Waals surface area contributed by atoms with Gasteiger partial charge in [0.05, 0.1) is 0 Å². The first-order valence-corrected chi connectivity index (χ1v) is 9.03. The van der Waals surface area contributed by atoms with Crippen molar-refractivity contribution >= 4 is 0 Å². The summed E-state index contributed by atoms with van der Waals surface area (Å²) < 4.78 is 0. The highest BCUT2D eigenvalue weighted by Crippen LogP contribution is 2.41. The molecule has 0 bridgehead atoms. The third kappa shape index (κ3) is 5.12. The predicted octanol–water partition coefficient (Wildman–Crippen LogP) is 6.55. The Kier molecular flexibility index (Phi) is 6.23. The summed E-state index contributed by atoms with van der Waals surface area (Å²) >= 11 is 0. The Bertz CT molecular complexity index is 228. The summed E-state index contributed by atoms with van der Waals surface area (Å²) in [5.74, 6) is 2.04. The van der Waals surface area contributed by atoms with Crippen LogP contribution >= 0.6 is 0 Å². The van der Waals surface area contributed by atoms with Crippen LogP contribution in [0.4, 0.5) is 0 Å². The van der Waals surface area contributed by atoms with Crippen LogP contribution in [0.25, 0.3) is 0 Å². The molecule has 0 aromatic carbocycles. The Hall–Kier alpha value is 0. The minimum absolute atomic E-state index is 0.493. The van der Waals surface area contributed by atoms with Crippen LogP contribution in [-0.2, 0) is 0 Å². The molecular weight excluding hydrogens is 228 g/mol. The van der Waals surface area contributed by atoms with Crippen molar-refractivity contribution in [2.75, 3.05) is 0 Å². The molecule has 19 heavy (non-hydrogen) atoms. The molecule has 2 aliphatic carbocycles. The first-order valence-electron chi connectivity index (χ1n) is 9.03. The van der Waals surface area contributed by atoms with Gasteiger partial charge in [-0.2, -0.15) is 0 Å². The van der Waals surface area contributed by atoms with Crippen LogP contribution in [0.3, 0.4) is 0 Å². The van der Waals surface area contributed by atoms with Gasteiger partial charge in [0.25, 0.3) is 0 Å². The Morgan fingerprint density at radius 1 is 0.842 bits per heavy atom. The van der Waals surface area contributed by atoms with Crippen LogP contribution in [0.1, 0.15) is 97.3 Å². The molecule has 0 aromatic heterocycles. The van der Waals surface area contributed by atoms with E-state index in [1.165, 1.54) is 83.5 Å². The van der Waals surface area contributed by atoms with Crippen molar-refractivity contribution in [1.29, 1.82) is 0 Å². The lowest BCUT2D eigenvalue weighted by atomic mass is 9.68. The minimum atomic E-state index is 0.493. The smallest absolute Gasteiger partial charge is 0.0295 e. The topological polar surface area (TPSA) is 0 Å². The molecule has 2 rings (SSSR count). The Morgan fingerprint density at radius 3 is 2.05 bits per heavy atom. The molecule has 2 saturated carbocycles. The van der Waals surface area contributed by atoms with Gasteiger partial charge in [0.2, 0.25) is 0 Å². The first-order chi connectivity index (χ1) is 9.18. The van der Waals surface area contributed by atoms with Crippen molar-refractivity contribution in [2.24, 2.45) is 17.3 Å². The highest BCUT2D eigenvalue weighted by atomic mass is 14.3. The maximum Gasteiger partial charge on any atom is -0.0295 e. The third-order valence-corrected chi connectivity index (χ3v) is 5.87. The summed E-state index contributed by atoms with van der Waals surface area (Å²) in [5, 5.41) is 0. The molecule has 1 radical (unpaired) electrons. The summed E-state index contributed by atoms with van der Waals surface area (Å²) in [4.78, 5) is 0. The zero-order valence-corrected chi connectivity index (χ0v) is 13.4. The van der Waals surface area contributed by atoms with Gasteiger partial charge in [0.15, 0.2) is 0 Å². The quantitative estimate of drug-likeness (QED) is 0.477. The van der Waals surface area contributed by atoms with E-state index in [1.807, 2.05) is 0 Å². The van der Waals surface area contributed by atoms with E-state index < -0.39 is 0 Å². The molecule has 0 atom stereocenters. The van der Waals surface area contributed by atoms with E-state index in [1.54, 1.807) is 0 Å². The molecule has 0 N–H and O–H groups in total. The number of rotatable bonds is 6. The summed E-state index contributed by atoms with van der Waals surface area (Å²) in [7, 11) is 0. The van der Waals surface area contributed by atoms with E-state index in [9.17, 15) is 0 Å². The van der Waals surface area contributed by atoms with Crippen molar-refractivity contribution < 1.29 is 0 Å². The molecule has 0 heteroatoms. The number of unbranched alkanes of at least 4 members (excludes halogenated alkanes) is 1. The van der Waals surface area contributed by atoms with Crippen LogP contribution in [-0.4, -0.2) is 0 Å².